The van der Waals surface area contributed by atoms with Crippen LogP contribution < -0.4 is 12.4 Å². The first-order chi connectivity index (χ1) is 17.0. The molecule has 1 aliphatic rings. The molecule has 4 heteroatoms. The molecule has 5 aromatic rings. The standard InChI is InChI=1S/C21H21.C12H8N2.ClH.Rh/c1-14-15(2)17(4)21(16(14)3)20-12-10-19(11-13-20)18-8-6-5-7-9-18;1-3-9-5-6-10-4-2-8-14-12(10)11(9)13-7-1;;/h5-13H,1-4H3;1-8H;1H;/q;;;+2/p-1. The molecule has 186 valence electrons. The molecule has 0 amide bonds. The normalized spacial score (nSPS) is 15.1. The summed E-state index contributed by atoms with van der Waals surface area (Å²) in [7, 11) is 0. The summed E-state index contributed by atoms with van der Waals surface area (Å²) < 4.78 is 0. The van der Waals surface area contributed by atoms with Crippen molar-refractivity contribution in [3.8, 4) is 11.1 Å². The predicted octanol–water partition coefficient (Wildman–Crippen LogP) is 5.45. The second kappa shape index (κ2) is 12.8. The fourth-order valence-electron chi connectivity index (χ4n) is 4.79. The minimum absolute atomic E-state index is 0. The molecule has 37 heavy (non-hydrogen) atoms. The van der Waals surface area contributed by atoms with Gasteiger partial charge in [0.15, 0.2) is 0 Å². The largest absolute Gasteiger partial charge is 2.00 e. The molecule has 6 radical (unpaired) electrons. The van der Waals surface area contributed by atoms with Gasteiger partial charge in [-0.2, -0.15) is 0 Å². The van der Waals surface area contributed by atoms with Crippen molar-refractivity contribution in [2.45, 2.75) is 27.7 Å². The van der Waals surface area contributed by atoms with Gasteiger partial charge in [0, 0.05) is 29.1 Å². The maximum atomic E-state index is 4.35. The van der Waals surface area contributed by atoms with Crippen molar-refractivity contribution in [1.82, 2.24) is 9.97 Å². The summed E-state index contributed by atoms with van der Waals surface area (Å²) in [6.45, 7) is 8.91. The van der Waals surface area contributed by atoms with Crippen molar-refractivity contribution in [3.63, 3.8) is 0 Å². The molecule has 2 aromatic heterocycles. The summed E-state index contributed by atoms with van der Waals surface area (Å²) in [6.07, 6.45) is 3.60. The second-order valence-electron chi connectivity index (χ2n) is 9.03. The third-order valence-corrected chi connectivity index (χ3v) is 7.06. The molecule has 1 fully saturated rings. The molecule has 1 saturated carbocycles. The third-order valence-electron chi connectivity index (χ3n) is 7.06. The molecule has 0 unspecified atom stereocenters. The van der Waals surface area contributed by atoms with Gasteiger partial charge in [-0.1, -0.05) is 107 Å². The van der Waals surface area contributed by atoms with Crippen molar-refractivity contribution in [2.24, 2.45) is 0 Å². The molecule has 0 saturated heterocycles. The van der Waals surface area contributed by atoms with E-state index in [0.717, 1.165) is 21.8 Å². The molecule has 6 rings (SSSR count). The van der Waals surface area contributed by atoms with Gasteiger partial charge in [0.05, 0.1) is 11.0 Å². The van der Waals surface area contributed by atoms with Crippen LogP contribution in [0.25, 0.3) is 32.9 Å². The molecular formula is C33H29ClN2Rh+. The summed E-state index contributed by atoms with van der Waals surface area (Å²) >= 11 is 0. The second-order valence-corrected chi connectivity index (χ2v) is 9.03. The number of halogens is 1. The van der Waals surface area contributed by atoms with Crippen LogP contribution in [0, 0.1) is 29.6 Å². The van der Waals surface area contributed by atoms with E-state index >= 15 is 0 Å². The topological polar surface area (TPSA) is 25.8 Å². The van der Waals surface area contributed by atoms with E-state index in [2.05, 4.69) is 117 Å². The van der Waals surface area contributed by atoms with E-state index in [1.807, 2.05) is 12.1 Å². The minimum Gasteiger partial charge on any atom is -1.00 e. The number of fused-ring (bicyclic) bond motifs is 3. The Morgan fingerprint density at radius 3 is 1.35 bits per heavy atom. The van der Waals surface area contributed by atoms with Crippen molar-refractivity contribution in [2.75, 3.05) is 0 Å². The maximum absolute atomic E-state index is 4.35. The molecule has 1 aliphatic carbocycles. The van der Waals surface area contributed by atoms with Crippen molar-refractivity contribution in [1.29, 1.82) is 0 Å². The first-order valence-electron chi connectivity index (χ1n) is 12.0. The Morgan fingerprint density at radius 2 is 0.865 bits per heavy atom. The van der Waals surface area contributed by atoms with Crippen molar-refractivity contribution >= 4 is 21.8 Å². The fourth-order valence-corrected chi connectivity index (χ4v) is 4.79. The van der Waals surface area contributed by atoms with Gasteiger partial charge in [-0.3, -0.25) is 9.97 Å². The Bertz CT molecular complexity index is 1350. The summed E-state index contributed by atoms with van der Waals surface area (Å²) in [6, 6.07) is 31.6. The van der Waals surface area contributed by atoms with Gasteiger partial charge in [0.25, 0.3) is 0 Å². The van der Waals surface area contributed by atoms with Crippen LogP contribution in [-0.2, 0) is 19.5 Å². The number of nitrogens with zero attached hydrogens (tertiary/aromatic N) is 2. The van der Waals surface area contributed by atoms with Crippen molar-refractivity contribution in [3.05, 3.63) is 139 Å². The van der Waals surface area contributed by atoms with E-state index in [1.165, 1.54) is 46.3 Å². The SMILES string of the molecule is C[C]1[C](C)[C](C)[C](c2ccc(-c3ccccc3)cc2)[C]1C.[Cl-].[Rh+2].c1cnc2c(c1)ccc1cccnc12. The zero-order valence-electron chi connectivity index (χ0n) is 21.4. The van der Waals surface area contributed by atoms with Crippen LogP contribution in [0.1, 0.15) is 33.3 Å². The Kier molecular flexibility index (Phi) is 9.99. The molecule has 0 N–H and O–H groups in total. The molecule has 0 aliphatic heterocycles. The Hall–Kier alpha value is -2.61. The third kappa shape index (κ3) is 5.95. The summed E-state index contributed by atoms with van der Waals surface area (Å²) in [5, 5.41) is 2.28. The van der Waals surface area contributed by atoms with Crippen LogP contribution in [0.2, 0.25) is 0 Å². The van der Waals surface area contributed by atoms with Gasteiger partial charge >= 0.3 is 19.5 Å². The minimum atomic E-state index is 0. The van der Waals surface area contributed by atoms with Gasteiger partial charge in [-0.15, -0.1) is 0 Å². The van der Waals surface area contributed by atoms with Crippen LogP contribution in [-0.4, -0.2) is 9.97 Å². The molecular weight excluding hydrogens is 563 g/mol. The quantitative estimate of drug-likeness (QED) is 0.202. The van der Waals surface area contributed by atoms with Gasteiger partial charge in [-0.05, 0) is 52.5 Å². The molecule has 3 aromatic carbocycles. The van der Waals surface area contributed by atoms with E-state index in [0.29, 0.717) is 0 Å². The van der Waals surface area contributed by atoms with Crippen LogP contribution >= 0.6 is 0 Å². The molecule has 2 nitrogen and oxygen atoms in total. The Labute approximate surface area is 240 Å². The Balaban J connectivity index is 0.000000208. The number of hydrogen-bond donors (Lipinski definition) is 0. The molecule has 0 bridgehead atoms. The average Bonchev–Trinajstić information content (AvgIpc) is 3.12. The smallest absolute Gasteiger partial charge is 1.00 e. The van der Waals surface area contributed by atoms with Gasteiger partial charge in [0.1, 0.15) is 0 Å². The number of pyridine rings is 2. The van der Waals surface area contributed by atoms with Crippen LogP contribution in [0.3, 0.4) is 0 Å². The molecule has 2 heterocycles. The fraction of sp³-hybridized carbons (Fsp3) is 0.121. The van der Waals surface area contributed by atoms with Gasteiger partial charge < -0.3 is 12.4 Å². The zero-order chi connectivity index (χ0) is 24.4. The van der Waals surface area contributed by atoms with E-state index in [9.17, 15) is 0 Å². The number of hydrogen-bond acceptors (Lipinski definition) is 2. The van der Waals surface area contributed by atoms with Crippen LogP contribution in [0.5, 0.6) is 0 Å². The van der Waals surface area contributed by atoms with Gasteiger partial charge in [-0.25, -0.2) is 0 Å². The number of rotatable bonds is 2. The number of benzene rings is 3. The maximum Gasteiger partial charge on any atom is 2.00 e. The first-order valence-corrected chi connectivity index (χ1v) is 12.0. The molecule has 0 spiro atoms. The van der Waals surface area contributed by atoms with E-state index in [1.54, 1.807) is 12.4 Å². The monoisotopic (exact) mass is 591 g/mol. The van der Waals surface area contributed by atoms with E-state index < -0.39 is 0 Å². The molecule has 0 atom stereocenters. The average molecular weight is 592 g/mol. The summed E-state index contributed by atoms with van der Waals surface area (Å²) in [5.74, 6) is 7.09. The summed E-state index contributed by atoms with van der Waals surface area (Å²) in [4.78, 5) is 8.69. The van der Waals surface area contributed by atoms with Crippen LogP contribution in [0.15, 0.2) is 103 Å². The van der Waals surface area contributed by atoms with E-state index in [4.69, 9.17) is 0 Å². The Morgan fingerprint density at radius 1 is 0.432 bits per heavy atom. The number of aromatic nitrogens is 2. The first kappa shape index (κ1) is 29.0. The summed E-state index contributed by atoms with van der Waals surface area (Å²) in [5.41, 5.74) is 5.82. The van der Waals surface area contributed by atoms with Crippen LogP contribution in [0.4, 0.5) is 0 Å². The van der Waals surface area contributed by atoms with E-state index in [-0.39, 0.29) is 31.9 Å². The predicted molar refractivity (Wildman–Crippen MR) is 147 cm³/mol. The zero-order valence-corrected chi connectivity index (χ0v) is 23.8. The van der Waals surface area contributed by atoms with Crippen molar-refractivity contribution < 1.29 is 31.9 Å². The van der Waals surface area contributed by atoms with Gasteiger partial charge in [0.2, 0.25) is 0 Å².